The first kappa shape index (κ1) is 21.4. The van der Waals surface area contributed by atoms with Gasteiger partial charge in [-0.05, 0) is 24.7 Å². The first-order valence-corrected chi connectivity index (χ1v) is 8.53. The number of alkyl halides is 3. The molecule has 1 saturated heterocycles. The second kappa shape index (κ2) is 7.47. The number of nitrogens with zero attached hydrogens (tertiary/aromatic N) is 1. The average Bonchev–Trinajstić information content (AvgIpc) is 2.69. The maximum Gasteiger partial charge on any atom is 0.416 e. The minimum Gasteiger partial charge on any atom is -0.476 e. The molecule has 0 atom stereocenters. The molecule has 3 rings (SSSR count). The van der Waals surface area contributed by atoms with E-state index in [-0.39, 0.29) is 18.4 Å². The van der Waals surface area contributed by atoms with Crippen LogP contribution in [0.4, 0.5) is 35.1 Å². The first-order valence-electron chi connectivity index (χ1n) is 8.53. The van der Waals surface area contributed by atoms with Crippen molar-refractivity contribution in [3.05, 3.63) is 64.5 Å². The van der Waals surface area contributed by atoms with Gasteiger partial charge in [-0.25, -0.2) is 13.2 Å². The van der Waals surface area contributed by atoms with Crippen molar-refractivity contribution in [3.8, 4) is 5.75 Å². The summed E-state index contributed by atoms with van der Waals surface area (Å²) in [7, 11) is 1.75. The Hall–Kier alpha value is -2.36. The molecule has 0 aromatic heterocycles. The fourth-order valence-corrected chi connectivity index (χ4v) is 3.26. The Morgan fingerprint density at radius 2 is 1.24 bits per heavy atom. The van der Waals surface area contributed by atoms with E-state index in [0.29, 0.717) is 13.1 Å². The van der Waals surface area contributed by atoms with Crippen molar-refractivity contribution in [1.82, 2.24) is 4.90 Å². The monoisotopic (exact) mass is 425 g/mol. The van der Waals surface area contributed by atoms with Gasteiger partial charge < -0.3 is 9.64 Å². The highest BCUT2D eigenvalue weighted by atomic mass is 19.4. The van der Waals surface area contributed by atoms with Gasteiger partial charge in [0.05, 0.1) is 5.56 Å². The highest BCUT2D eigenvalue weighted by Crippen LogP contribution is 2.41. The third-order valence-electron chi connectivity index (χ3n) is 5.00. The molecule has 0 saturated carbocycles. The van der Waals surface area contributed by atoms with Crippen LogP contribution in [0.15, 0.2) is 24.3 Å². The fraction of sp³-hybridized carbons (Fsp3) is 0.368. The molecule has 1 heterocycles. The summed E-state index contributed by atoms with van der Waals surface area (Å²) in [6, 6.07) is 3.72. The first-order chi connectivity index (χ1) is 13.5. The van der Waals surface area contributed by atoms with E-state index in [4.69, 9.17) is 4.74 Å². The van der Waals surface area contributed by atoms with E-state index in [1.165, 1.54) is 0 Å². The number of piperidine rings is 1. The Morgan fingerprint density at radius 1 is 0.793 bits per heavy atom. The van der Waals surface area contributed by atoms with Crippen molar-refractivity contribution >= 4 is 0 Å². The Balaban J connectivity index is 2.08. The van der Waals surface area contributed by atoms with Crippen LogP contribution in [0.5, 0.6) is 5.75 Å². The van der Waals surface area contributed by atoms with Crippen LogP contribution in [0.25, 0.3) is 0 Å². The van der Waals surface area contributed by atoms with Gasteiger partial charge in [0, 0.05) is 25.9 Å². The lowest BCUT2D eigenvalue weighted by atomic mass is 9.83. The lowest BCUT2D eigenvalue weighted by Crippen LogP contribution is -2.45. The molecule has 0 N–H and O–H groups in total. The molecule has 0 amide bonds. The van der Waals surface area contributed by atoms with Gasteiger partial charge in [0.2, 0.25) is 29.1 Å². The van der Waals surface area contributed by atoms with Gasteiger partial charge in [-0.15, -0.1) is 0 Å². The Kier molecular flexibility index (Phi) is 5.50. The molecule has 0 bridgehead atoms. The Morgan fingerprint density at radius 3 is 1.69 bits per heavy atom. The quantitative estimate of drug-likeness (QED) is 0.371. The van der Waals surface area contributed by atoms with Gasteiger partial charge in [0.25, 0.3) is 0 Å². The molecule has 0 unspecified atom stereocenters. The zero-order chi connectivity index (χ0) is 21.6. The summed E-state index contributed by atoms with van der Waals surface area (Å²) >= 11 is 0. The number of hydrogen-bond donors (Lipinski definition) is 0. The molecule has 158 valence electrons. The Labute approximate surface area is 160 Å². The SMILES string of the molecule is CN1CCC(Oc2c(F)c(F)c(F)c(F)c2F)(c2ccc(C(F)(F)F)cc2)CC1. The van der Waals surface area contributed by atoms with E-state index in [1.807, 2.05) is 4.90 Å². The molecule has 29 heavy (non-hydrogen) atoms. The smallest absolute Gasteiger partial charge is 0.416 e. The van der Waals surface area contributed by atoms with Crippen molar-refractivity contribution in [2.45, 2.75) is 24.6 Å². The molecule has 1 aliphatic heterocycles. The van der Waals surface area contributed by atoms with Gasteiger partial charge in [0.1, 0.15) is 5.60 Å². The van der Waals surface area contributed by atoms with Crippen LogP contribution < -0.4 is 4.74 Å². The van der Waals surface area contributed by atoms with Crippen LogP contribution in [-0.4, -0.2) is 25.0 Å². The van der Waals surface area contributed by atoms with E-state index >= 15 is 0 Å². The molecule has 1 aliphatic rings. The van der Waals surface area contributed by atoms with Gasteiger partial charge in [-0.2, -0.15) is 22.0 Å². The highest BCUT2D eigenvalue weighted by molar-refractivity contribution is 5.34. The molecule has 0 aliphatic carbocycles. The van der Waals surface area contributed by atoms with E-state index in [1.54, 1.807) is 7.05 Å². The summed E-state index contributed by atoms with van der Waals surface area (Å²) in [6.07, 6.45) is -4.47. The van der Waals surface area contributed by atoms with Crippen LogP contribution in [0.1, 0.15) is 24.0 Å². The summed E-state index contributed by atoms with van der Waals surface area (Å²) in [5.41, 5.74) is -2.36. The average molecular weight is 425 g/mol. The number of benzene rings is 2. The van der Waals surface area contributed by atoms with E-state index < -0.39 is 52.2 Å². The summed E-state index contributed by atoms with van der Waals surface area (Å²) in [5.74, 6) is -12.4. The standard InChI is InChI=1S/C19H15F8NO/c1-28-8-6-18(7-9-28,10-2-4-11(5-3-10)19(25,26)27)29-17-15(23)13(21)12(20)14(22)16(17)24/h2-5H,6-9H2,1H3. The van der Waals surface area contributed by atoms with E-state index in [2.05, 4.69) is 0 Å². The topological polar surface area (TPSA) is 12.5 Å². The van der Waals surface area contributed by atoms with Crippen LogP contribution >= 0.6 is 0 Å². The van der Waals surface area contributed by atoms with Gasteiger partial charge in [-0.3, -0.25) is 0 Å². The van der Waals surface area contributed by atoms with Crippen molar-refractivity contribution in [2.24, 2.45) is 0 Å². The minimum atomic E-state index is -4.60. The number of likely N-dealkylation sites (tertiary alicyclic amines) is 1. The summed E-state index contributed by atoms with van der Waals surface area (Å²) < 4.78 is 113. The third kappa shape index (κ3) is 3.90. The van der Waals surface area contributed by atoms with Crippen molar-refractivity contribution in [1.29, 1.82) is 0 Å². The predicted molar refractivity (Wildman–Crippen MR) is 86.7 cm³/mol. The molecule has 2 aromatic rings. The minimum absolute atomic E-state index is 0.0638. The molecular weight excluding hydrogens is 410 g/mol. The second-order valence-corrected chi connectivity index (χ2v) is 6.87. The lowest BCUT2D eigenvalue weighted by Gasteiger charge is -2.41. The third-order valence-corrected chi connectivity index (χ3v) is 5.00. The summed E-state index contributed by atoms with van der Waals surface area (Å²) in [5, 5.41) is 0. The molecule has 0 spiro atoms. The number of ether oxygens (including phenoxy) is 1. The second-order valence-electron chi connectivity index (χ2n) is 6.87. The Bertz CT molecular complexity index is 873. The molecule has 2 nitrogen and oxygen atoms in total. The van der Waals surface area contributed by atoms with Crippen molar-refractivity contribution in [2.75, 3.05) is 20.1 Å². The van der Waals surface area contributed by atoms with Crippen molar-refractivity contribution < 1.29 is 39.9 Å². The van der Waals surface area contributed by atoms with Crippen molar-refractivity contribution in [3.63, 3.8) is 0 Å². The van der Waals surface area contributed by atoms with E-state index in [0.717, 1.165) is 24.3 Å². The number of halogens is 8. The number of hydrogen-bond acceptors (Lipinski definition) is 2. The largest absolute Gasteiger partial charge is 0.476 e. The van der Waals surface area contributed by atoms with Crippen LogP contribution in [0.3, 0.4) is 0 Å². The van der Waals surface area contributed by atoms with Gasteiger partial charge >= 0.3 is 6.18 Å². The van der Waals surface area contributed by atoms with Crippen LogP contribution in [-0.2, 0) is 11.8 Å². The normalized spacial score (nSPS) is 17.4. The predicted octanol–water partition coefficient (Wildman–Crippen LogP) is 5.40. The lowest BCUT2D eigenvalue weighted by molar-refractivity contribution is -0.137. The maximum absolute atomic E-state index is 14.1. The van der Waals surface area contributed by atoms with Crippen LogP contribution in [0, 0.1) is 29.1 Å². The zero-order valence-corrected chi connectivity index (χ0v) is 15.0. The molecular formula is C19H15F8NO. The molecule has 10 heteroatoms. The maximum atomic E-state index is 14.1. The molecule has 0 radical (unpaired) electrons. The summed E-state index contributed by atoms with van der Waals surface area (Å²) in [4.78, 5) is 1.84. The zero-order valence-electron chi connectivity index (χ0n) is 15.0. The summed E-state index contributed by atoms with van der Waals surface area (Å²) in [6.45, 7) is 0.660. The fourth-order valence-electron chi connectivity index (χ4n) is 3.26. The van der Waals surface area contributed by atoms with Gasteiger partial charge in [0.15, 0.2) is 5.75 Å². The van der Waals surface area contributed by atoms with Crippen LogP contribution in [0.2, 0.25) is 0 Å². The molecule has 1 fully saturated rings. The highest BCUT2D eigenvalue weighted by Gasteiger charge is 2.41. The number of rotatable bonds is 3. The van der Waals surface area contributed by atoms with E-state index in [9.17, 15) is 35.1 Å². The molecule has 2 aromatic carbocycles. The van der Waals surface area contributed by atoms with Gasteiger partial charge in [-0.1, -0.05) is 12.1 Å².